The molecule has 3 aromatic carbocycles. The number of nitrogens with zero attached hydrogens (tertiary/aromatic N) is 1. The Morgan fingerprint density at radius 1 is 0.808 bits per heavy atom. The van der Waals surface area contributed by atoms with Crippen LogP contribution in [0.15, 0.2) is 96.1 Å². The Bertz CT molecular complexity index is 886. The van der Waals surface area contributed by atoms with Crippen molar-refractivity contribution in [1.29, 1.82) is 0 Å². The monoisotopic (exact) mass is 342 g/mol. The molecule has 0 aliphatic rings. The predicted octanol–water partition coefficient (Wildman–Crippen LogP) is 4.75. The summed E-state index contributed by atoms with van der Waals surface area (Å²) in [5.41, 5.74) is 5.71. The third kappa shape index (κ3) is 5.46. The average molecular weight is 342 g/mol. The molecule has 0 unspecified atom stereocenters. The van der Waals surface area contributed by atoms with E-state index in [2.05, 4.69) is 10.5 Å². The van der Waals surface area contributed by atoms with E-state index in [0.29, 0.717) is 5.75 Å². The average Bonchev–Trinajstić information content (AvgIpc) is 2.69. The van der Waals surface area contributed by atoms with Gasteiger partial charge in [0.05, 0.1) is 11.9 Å². The van der Waals surface area contributed by atoms with Gasteiger partial charge in [-0.1, -0.05) is 48.5 Å². The van der Waals surface area contributed by atoms with Crippen LogP contribution in [-0.2, 0) is 4.79 Å². The Morgan fingerprint density at radius 3 is 2.15 bits per heavy atom. The number of benzene rings is 3. The van der Waals surface area contributed by atoms with E-state index in [9.17, 15) is 4.79 Å². The Hall–Kier alpha value is -3.66. The highest BCUT2D eigenvalue weighted by atomic mass is 16.5. The van der Waals surface area contributed by atoms with Gasteiger partial charge in [-0.2, -0.15) is 5.10 Å². The molecule has 26 heavy (non-hydrogen) atoms. The molecule has 1 N–H and O–H groups in total. The first-order valence-electron chi connectivity index (χ1n) is 8.19. The van der Waals surface area contributed by atoms with Crippen LogP contribution in [0.3, 0.4) is 0 Å². The first kappa shape index (κ1) is 17.2. The molecule has 0 aromatic heterocycles. The number of ether oxygens (including phenoxy) is 1. The lowest BCUT2D eigenvalue weighted by Gasteiger charge is -2.02. The topological polar surface area (TPSA) is 50.7 Å². The lowest BCUT2D eigenvalue weighted by atomic mass is 10.2. The number of carbonyl (C=O) groups is 1. The molecule has 0 aliphatic heterocycles. The summed E-state index contributed by atoms with van der Waals surface area (Å²) in [7, 11) is 0. The number of nitrogens with one attached hydrogen (secondary N) is 1. The molecule has 3 aromatic rings. The summed E-state index contributed by atoms with van der Waals surface area (Å²) < 4.78 is 5.28. The standard InChI is InChI=1S/C22H18N2O2/c25-22(16-13-18-7-3-1-4-8-18)26-21-14-11-19(12-15-21)17-23-24-20-9-5-2-6-10-20/h1-17,24H/b16-13+,23-17-. The number of hydrogen-bond acceptors (Lipinski definition) is 4. The molecular formula is C22H18N2O2. The van der Waals surface area contributed by atoms with E-state index in [0.717, 1.165) is 16.8 Å². The van der Waals surface area contributed by atoms with Crippen molar-refractivity contribution in [3.05, 3.63) is 102 Å². The first-order chi connectivity index (χ1) is 12.8. The van der Waals surface area contributed by atoms with Gasteiger partial charge in [0.1, 0.15) is 5.75 Å². The molecule has 3 rings (SSSR count). The molecule has 4 nitrogen and oxygen atoms in total. The molecule has 0 atom stereocenters. The van der Waals surface area contributed by atoms with E-state index in [-0.39, 0.29) is 0 Å². The molecule has 0 saturated carbocycles. The number of hydrogen-bond donors (Lipinski definition) is 1. The van der Waals surface area contributed by atoms with Crippen LogP contribution in [0.5, 0.6) is 5.75 Å². The Balaban J connectivity index is 1.52. The molecule has 4 heteroatoms. The lowest BCUT2D eigenvalue weighted by Crippen LogP contribution is -2.03. The Labute approximate surface area is 152 Å². The summed E-state index contributed by atoms with van der Waals surface area (Å²) in [5, 5.41) is 4.17. The van der Waals surface area contributed by atoms with E-state index in [1.807, 2.05) is 72.8 Å². The highest BCUT2D eigenvalue weighted by Crippen LogP contribution is 2.12. The smallest absolute Gasteiger partial charge is 0.336 e. The van der Waals surface area contributed by atoms with Gasteiger partial charge in [0, 0.05) is 6.08 Å². The predicted molar refractivity (Wildman–Crippen MR) is 105 cm³/mol. The lowest BCUT2D eigenvalue weighted by molar-refractivity contribution is -0.128. The second-order valence-corrected chi connectivity index (χ2v) is 5.47. The van der Waals surface area contributed by atoms with Crippen LogP contribution in [0.4, 0.5) is 5.69 Å². The minimum Gasteiger partial charge on any atom is -0.423 e. The van der Waals surface area contributed by atoms with Crippen molar-refractivity contribution in [2.75, 3.05) is 5.43 Å². The molecule has 128 valence electrons. The normalized spacial score (nSPS) is 10.9. The van der Waals surface area contributed by atoms with Crippen LogP contribution >= 0.6 is 0 Å². The van der Waals surface area contributed by atoms with Crippen LogP contribution in [0.2, 0.25) is 0 Å². The number of esters is 1. The molecule has 0 amide bonds. The van der Waals surface area contributed by atoms with Crippen molar-refractivity contribution >= 4 is 23.9 Å². The summed E-state index contributed by atoms with van der Waals surface area (Å²) in [5.74, 6) is 0.0712. The van der Waals surface area contributed by atoms with Crippen molar-refractivity contribution in [3.8, 4) is 5.75 Å². The minimum absolute atomic E-state index is 0.416. The second-order valence-electron chi connectivity index (χ2n) is 5.47. The Morgan fingerprint density at radius 2 is 1.46 bits per heavy atom. The summed E-state index contributed by atoms with van der Waals surface area (Å²) in [6.07, 6.45) is 4.83. The molecule has 0 saturated heterocycles. The van der Waals surface area contributed by atoms with Crippen LogP contribution in [0.25, 0.3) is 6.08 Å². The van der Waals surface area contributed by atoms with E-state index in [1.165, 1.54) is 6.08 Å². The fourth-order valence-electron chi connectivity index (χ4n) is 2.19. The number of hydrazone groups is 1. The van der Waals surface area contributed by atoms with Gasteiger partial charge in [0.15, 0.2) is 0 Å². The fourth-order valence-corrected chi connectivity index (χ4v) is 2.19. The van der Waals surface area contributed by atoms with Gasteiger partial charge in [-0.25, -0.2) is 4.79 Å². The van der Waals surface area contributed by atoms with Gasteiger partial charge in [0.2, 0.25) is 0 Å². The van der Waals surface area contributed by atoms with Gasteiger partial charge in [0.25, 0.3) is 0 Å². The summed E-state index contributed by atoms with van der Waals surface area (Å²) in [4.78, 5) is 11.9. The molecule has 0 bridgehead atoms. The summed E-state index contributed by atoms with van der Waals surface area (Å²) in [6, 6.07) is 26.4. The van der Waals surface area contributed by atoms with E-state index in [1.54, 1.807) is 24.4 Å². The zero-order chi connectivity index (χ0) is 18.0. The largest absolute Gasteiger partial charge is 0.423 e. The van der Waals surface area contributed by atoms with Crippen LogP contribution in [0, 0.1) is 0 Å². The Kier molecular flexibility index (Phi) is 5.94. The van der Waals surface area contributed by atoms with Gasteiger partial charge in [-0.05, 0) is 53.6 Å². The van der Waals surface area contributed by atoms with Crippen molar-refractivity contribution in [1.82, 2.24) is 0 Å². The third-order valence-electron chi connectivity index (χ3n) is 3.49. The van der Waals surface area contributed by atoms with E-state index >= 15 is 0 Å². The minimum atomic E-state index is -0.416. The van der Waals surface area contributed by atoms with Gasteiger partial charge in [-0.3, -0.25) is 5.43 Å². The molecule has 0 heterocycles. The zero-order valence-electron chi connectivity index (χ0n) is 14.1. The third-order valence-corrected chi connectivity index (χ3v) is 3.49. The molecule has 0 radical (unpaired) electrons. The van der Waals surface area contributed by atoms with Crippen LogP contribution in [-0.4, -0.2) is 12.2 Å². The molecule has 0 spiro atoms. The quantitative estimate of drug-likeness (QED) is 0.231. The van der Waals surface area contributed by atoms with Crippen molar-refractivity contribution in [2.45, 2.75) is 0 Å². The van der Waals surface area contributed by atoms with Crippen molar-refractivity contribution in [3.63, 3.8) is 0 Å². The maximum atomic E-state index is 11.9. The summed E-state index contributed by atoms with van der Waals surface area (Å²) in [6.45, 7) is 0. The van der Waals surface area contributed by atoms with Crippen LogP contribution in [0.1, 0.15) is 11.1 Å². The fraction of sp³-hybridized carbons (Fsp3) is 0. The number of carbonyl (C=O) groups excluding carboxylic acids is 1. The van der Waals surface area contributed by atoms with E-state index in [4.69, 9.17) is 4.74 Å². The molecular weight excluding hydrogens is 324 g/mol. The van der Waals surface area contributed by atoms with Gasteiger partial charge >= 0.3 is 5.97 Å². The number of anilines is 1. The van der Waals surface area contributed by atoms with Crippen LogP contribution < -0.4 is 10.2 Å². The summed E-state index contributed by atoms with van der Waals surface area (Å²) >= 11 is 0. The van der Waals surface area contributed by atoms with E-state index < -0.39 is 5.97 Å². The first-order valence-corrected chi connectivity index (χ1v) is 8.19. The maximum Gasteiger partial charge on any atom is 0.336 e. The van der Waals surface area contributed by atoms with Gasteiger partial charge < -0.3 is 4.74 Å². The SMILES string of the molecule is O=C(/C=C/c1ccccc1)Oc1ccc(/C=N\Nc2ccccc2)cc1. The molecule has 0 fully saturated rings. The second kappa shape index (κ2) is 8.99. The van der Waals surface area contributed by atoms with Crippen molar-refractivity contribution < 1.29 is 9.53 Å². The van der Waals surface area contributed by atoms with Gasteiger partial charge in [-0.15, -0.1) is 0 Å². The highest BCUT2D eigenvalue weighted by molar-refractivity contribution is 5.89. The van der Waals surface area contributed by atoms with Crippen molar-refractivity contribution in [2.24, 2.45) is 5.10 Å². The zero-order valence-corrected chi connectivity index (χ0v) is 14.1. The maximum absolute atomic E-state index is 11.9. The number of para-hydroxylation sites is 1. The number of rotatable bonds is 6. The highest BCUT2D eigenvalue weighted by Gasteiger charge is 2.00. The molecule has 0 aliphatic carbocycles.